The summed E-state index contributed by atoms with van der Waals surface area (Å²) in [4.78, 5) is 5.09. The normalized spacial score (nSPS) is 20.4. The SMILES string of the molecule is Fc1ccc(C(c2ccc(F)cc2)N2CCN(C3CSCCSC3)CC2)cc1. The van der Waals surface area contributed by atoms with Crippen molar-refractivity contribution < 1.29 is 8.78 Å². The molecule has 2 aliphatic heterocycles. The van der Waals surface area contributed by atoms with Crippen LogP contribution in [-0.4, -0.2) is 65.0 Å². The van der Waals surface area contributed by atoms with Crippen LogP contribution in [0.3, 0.4) is 0 Å². The van der Waals surface area contributed by atoms with Crippen molar-refractivity contribution in [2.24, 2.45) is 0 Å². The van der Waals surface area contributed by atoms with Crippen LogP contribution in [0.15, 0.2) is 48.5 Å². The monoisotopic (exact) mass is 420 g/mol. The second kappa shape index (κ2) is 9.61. The molecule has 0 amide bonds. The first kappa shape index (κ1) is 20.2. The zero-order chi connectivity index (χ0) is 19.3. The summed E-state index contributed by atoms with van der Waals surface area (Å²) in [5, 5.41) is 0. The van der Waals surface area contributed by atoms with Crippen LogP contribution in [0.25, 0.3) is 0 Å². The van der Waals surface area contributed by atoms with Gasteiger partial charge < -0.3 is 0 Å². The third-order valence-corrected chi connectivity index (χ3v) is 8.08. The second-order valence-corrected chi connectivity index (χ2v) is 9.68. The predicted octanol–water partition coefficient (Wildman–Crippen LogP) is 4.52. The second-order valence-electron chi connectivity index (χ2n) is 7.38. The molecule has 28 heavy (non-hydrogen) atoms. The Kier molecular flexibility index (Phi) is 6.94. The van der Waals surface area contributed by atoms with E-state index in [1.165, 1.54) is 47.3 Å². The van der Waals surface area contributed by atoms with Gasteiger partial charge in [0.25, 0.3) is 0 Å². The number of halogens is 2. The van der Waals surface area contributed by atoms with E-state index in [2.05, 4.69) is 33.3 Å². The van der Waals surface area contributed by atoms with Crippen molar-refractivity contribution in [2.75, 3.05) is 49.2 Å². The molecule has 0 bridgehead atoms. The minimum absolute atomic E-state index is 0.0289. The van der Waals surface area contributed by atoms with Crippen molar-refractivity contribution in [1.82, 2.24) is 9.80 Å². The molecule has 2 aromatic rings. The number of rotatable bonds is 4. The lowest BCUT2D eigenvalue weighted by Gasteiger charge is -2.42. The average Bonchev–Trinajstić information content (AvgIpc) is 3.01. The Bertz CT molecular complexity index is 693. The lowest BCUT2D eigenvalue weighted by atomic mass is 9.96. The maximum Gasteiger partial charge on any atom is 0.123 e. The van der Waals surface area contributed by atoms with E-state index in [1.807, 2.05) is 24.3 Å². The molecular weight excluding hydrogens is 394 g/mol. The van der Waals surface area contributed by atoms with Crippen LogP contribution in [0.4, 0.5) is 8.78 Å². The van der Waals surface area contributed by atoms with Gasteiger partial charge in [-0.3, -0.25) is 9.80 Å². The Hall–Kier alpha value is -1.08. The third kappa shape index (κ3) is 4.90. The number of nitrogens with zero attached hydrogens (tertiary/aromatic N) is 2. The van der Waals surface area contributed by atoms with Gasteiger partial charge in [0.2, 0.25) is 0 Å². The quantitative estimate of drug-likeness (QED) is 0.717. The summed E-state index contributed by atoms with van der Waals surface area (Å²) >= 11 is 4.15. The highest BCUT2D eigenvalue weighted by Gasteiger charge is 2.29. The van der Waals surface area contributed by atoms with Crippen LogP contribution in [0.1, 0.15) is 17.2 Å². The molecule has 2 aliphatic rings. The van der Waals surface area contributed by atoms with E-state index in [4.69, 9.17) is 0 Å². The molecule has 2 aromatic carbocycles. The molecular formula is C22H26F2N2S2. The van der Waals surface area contributed by atoms with E-state index in [-0.39, 0.29) is 17.7 Å². The minimum Gasteiger partial charge on any atom is -0.296 e. The molecule has 0 aromatic heterocycles. The molecule has 2 saturated heterocycles. The van der Waals surface area contributed by atoms with Crippen LogP contribution in [0.5, 0.6) is 0 Å². The smallest absolute Gasteiger partial charge is 0.123 e. The number of hydrogen-bond donors (Lipinski definition) is 0. The lowest BCUT2D eigenvalue weighted by Crippen LogP contribution is -2.52. The molecule has 2 nitrogen and oxygen atoms in total. The summed E-state index contributed by atoms with van der Waals surface area (Å²) in [6.07, 6.45) is 0. The van der Waals surface area contributed by atoms with Gasteiger partial charge in [0, 0.05) is 55.2 Å². The van der Waals surface area contributed by atoms with Crippen molar-refractivity contribution in [3.63, 3.8) is 0 Å². The van der Waals surface area contributed by atoms with Gasteiger partial charge in [-0.1, -0.05) is 24.3 Å². The summed E-state index contributed by atoms with van der Waals surface area (Å²) < 4.78 is 26.9. The van der Waals surface area contributed by atoms with Crippen molar-refractivity contribution in [2.45, 2.75) is 12.1 Å². The first-order valence-corrected chi connectivity index (χ1v) is 12.2. The molecule has 2 fully saturated rings. The van der Waals surface area contributed by atoms with Gasteiger partial charge >= 0.3 is 0 Å². The molecule has 2 heterocycles. The minimum atomic E-state index is -0.227. The highest BCUT2D eigenvalue weighted by Crippen LogP contribution is 2.31. The number of thioether (sulfide) groups is 2. The van der Waals surface area contributed by atoms with Crippen LogP contribution in [-0.2, 0) is 0 Å². The molecule has 0 radical (unpaired) electrons. The molecule has 6 heteroatoms. The third-order valence-electron chi connectivity index (χ3n) is 5.59. The largest absolute Gasteiger partial charge is 0.296 e. The number of piperazine rings is 1. The Morgan fingerprint density at radius 2 is 1.18 bits per heavy atom. The first-order chi connectivity index (χ1) is 13.7. The fourth-order valence-corrected chi connectivity index (χ4v) is 6.71. The average molecular weight is 421 g/mol. The highest BCUT2D eigenvalue weighted by molar-refractivity contribution is 8.03. The van der Waals surface area contributed by atoms with Gasteiger partial charge in [0.15, 0.2) is 0 Å². The summed E-state index contributed by atoms with van der Waals surface area (Å²) in [5.74, 6) is 4.53. The molecule has 0 N–H and O–H groups in total. The van der Waals surface area contributed by atoms with Crippen LogP contribution in [0.2, 0.25) is 0 Å². The lowest BCUT2D eigenvalue weighted by molar-refractivity contribution is 0.0918. The molecule has 0 aliphatic carbocycles. The van der Waals surface area contributed by atoms with Gasteiger partial charge in [-0.25, -0.2) is 8.78 Å². The Balaban J connectivity index is 1.51. The highest BCUT2D eigenvalue weighted by atomic mass is 32.2. The molecule has 150 valence electrons. The van der Waals surface area contributed by atoms with Crippen molar-refractivity contribution in [3.8, 4) is 0 Å². The maximum atomic E-state index is 13.5. The standard InChI is InChI=1S/C22H26F2N2S2/c23-19-5-1-17(2-6-19)22(18-3-7-20(24)8-4-18)26-11-9-25(10-12-26)21-15-27-13-14-28-16-21/h1-8,21-22H,9-16H2. The Morgan fingerprint density at radius 3 is 1.64 bits per heavy atom. The van der Waals surface area contributed by atoms with Gasteiger partial charge in [-0.15, -0.1) is 0 Å². The number of benzene rings is 2. The van der Waals surface area contributed by atoms with Crippen LogP contribution >= 0.6 is 23.5 Å². The molecule has 0 saturated carbocycles. The first-order valence-electron chi connectivity index (χ1n) is 9.85. The van der Waals surface area contributed by atoms with Gasteiger partial charge in [-0.2, -0.15) is 23.5 Å². The van der Waals surface area contributed by atoms with E-state index < -0.39 is 0 Å². The predicted molar refractivity (Wildman–Crippen MR) is 116 cm³/mol. The zero-order valence-electron chi connectivity index (χ0n) is 15.9. The topological polar surface area (TPSA) is 6.48 Å². The van der Waals surface area contributed by atoms with Crippen LogP contribution in [0, 0.1) is 11.6 Å². The van der Waals surface area contributed by atoms with E-state index in [0.717, 1.165) is 37.3 Å². The molecule has 4 rings (SSSR count). The van der Waals surface area contributed by atoms with Gasteiger partial charge in [0.1, 0.15) is 11.6 Å². The summed E-state index contributed by atoms with van der Waals surface area (Å²) in [6, 6.07) is 14.2. The van der Waals surface area contributed by atoms with Crippen molar-refractivity contribution >= 4 is 23.5 Å². The van der Waals surface area contributed by atoms with E-state index in [0.29, 0.717) is 6.04 Å². The fourth-order valence-electron chi connectivity index (χ4n) is 4.08. The molecule has 0 unspecified atom stereocenters. The molecule has 0 atom stereocenters. The molecule has 0 spiro atoms. The summed E-state index contributed by atoms with van der Waals surface area (Å²) in [6.45, 7) is 4.02. The van der Waals surface area contributed by atoms with Crippen LogP contribution < -0.4 is 0 Å². The van der Waals surface area contributed by atoms with Crippen molar-refractivity contribution in [1.29, 1.82) is 0 Å². The van der Waals surface area contributed by atoms with Gasteiger partial charge in [0.05, 0.1) is 6.04 Å². The maximum absolute atomic E-state index is 13.5. The summed E-state index contributed by atoms with van der Waals surface area (Å²) in [5.41, 5.74) is 2.11. The summed E-state index contributed by atoms with van der Waals surface area (Å²) in [7, 11) is 0. The zero-order valence-corrected chi connectivity index (χ0v) is 17.5. The van der Waals surface area contributed by atoms with Crippen molar-refractivity contribution in [3.05, 3.63) is 71.3 Å². The number of hydrogen-bond acceptors (Lipinski definition) is 4. The fraction of sp³-hybridized carbons (Fsp3) is 0.455. The van der Waals surface area contributed by atoms with Gasteiger partial charge in [-0.05, 0) is 35.4 Å². The van der Waals surface area contributed by atoms with E-state index in [9.17, 15) is 8.78 Å². The van der Waals surface area contributed by atoms with E-state index in [1.54, 1.807) is 0 Å². The Morgan fingerprint density at radius 1 is 0.714 bits per heavy atom. The Labute approximate surface area is 174 Å². The van der Waals surface area contributed by atoms with E-state index >= 15 is 0 Å².